The molecule has 4 rings (SSSR count). The Morgan fingerprint density at radius 3 is 1.95 bits per heavy atom. The van der Waals surface area contributed by atoms with Gasteiger partial charge < -0.3 is 15.1 Å². The fraction of sp³-hybridized carbons (Fsp3) is 0.324. The Morgan fingerprint density at radius 1 is 0.854 bits per heavy atom. The van der Waals surface area contributed by atoms with E-state index in [0.717, 1.165) is 28.1 Å². The highest BCUT2D eigenvalue weighted by Gasteiger charge is 2.29. The second-order valence-electron chi connectivity index (χ2n) is 11.7. The molecular weight excluding hydrogens is 510 g/mol. The van der Waals surface area contributed by atoms with Crippen LogP contribution in [0.2, 0.25) is 0 Å². The second-order valence-corrected chi connectivity index (χ2v) is 11.7. The molecule has 0 radical (unpaired) electrons. The molecule has 2 amide bonds. The molecule has 214 valence electrons. The van der Waals surface area contributed by atoms with Crippen molar-refractivity contribution in [2.75, 3.05) is 39.0 Å². The van der Waals surface area contributed by atoms with Crippen LogP contribution >= 0.6 is 0 Å². The summed E-state index contributed by atoms with van der Waals surface area (Å²) >= 11 is 0. The molecular formula is C34H41N5O2. The Bertz CT molecular complexity index is 1420. The van der Waals surface area contributed by atoms with Gasteiger partial charge in [-0.2, -0.15) is 5.10 Å². The van der Waals surface area contributed by atoms with Crippen LogP contribution in [-0.2, 0) is 15.0 Å². The van der Waals surface area contributed by atoms with Gasteiger partial charge in [-0.05, 0) is 43.8 Å². The number of carbonyl (C=O) groups excluding carboxylic acids is 2. The van der Waals surface area contributed by atoms with Gasteiger partial charge in [0.1, 0.15) is 5.82 Å². The van der Waals surface area contributed by atoms with Crippen LogP contribution in [0.5, 0.6) is 0 Å². The number of aryl methyl sites for hydroxylation is 1. The van der Waals surface area contributed by atoms with E-state index in [4.69, 9.17) is 5.10 Å². The van der Waals surface area contributed by atoms with E-state index in [0.29, 0.717) is 18.9 Å². The molecule has 3 aromatic carbocycles. The first-order valence-electron chi connectivity index (χ1n) is 14.0. The van der Waals surface area contributed by atoms with Crippen molar-refractivity contribution in [2.45, 2.75) is 39.0 Å². The lowest BCUT2D eigenvalue weighted by Crippen LogP contribution is -2.44. The zero-order valence-corrected chi connectivity index (χ0v) is 25.0. The molecule has 0 fully saturated rings. The minimum absolute atomic E-state index is 0.0767. The van der Waals surface area contributed by atoms with Gasteiger partial charge in [0.15, 0.2) is 0 Å². The highest BCUT2D eigenvalue weighted by Crippen LogP contribution is 2.29. The summed E-state index contributed by atoms with van der Waals surface area (Å²) in [4.78, 5) is 31.5. The molecule has 0 bridgehead atoms. The first kappa shape index (κ1) is 29.7. The van der Waals surface area contributed by atoms with E-state index < -0.39 is 5.92 Å². The number of para-hydroxylation sites is 1. The summed E-state index contributed by atoms with van der Waals surface area (Å²) in [5.41, 5.74) is 4.39. The van der Waals surface area contributed by atoms with Crippen molar-refractivity contribution < 1.29 is 9.59 Å². The number of aromatic nitrogens is 2. The molecule has 1 aromatic heterocycles. The van der Waals surface area contributed by atoms with Crippen molar-refractivity contribution >= 4 is 17.6 Å². The number of benzene rings is 3. The molecule has 0 aliphatic carbocycles. The van der Waals surface area contributed by atoms with E-state index in [1.165, 1.54) is 0 Å². The zero-order chi connectivity index (χ0) is 29.6. The Hall–Kier alpha value is -4.23. The van der Waals surface area contributed by atoms with Crippen LogP contribution in [-0.4, -0.2) is 65.1 Å². The van der Waals surface area contributed by atoms with Crippen LogP contribution in [0.15, 0.2) is 91.0 Å². The van der Waals surface area contributed by atoms with E-state index in [2.05, 4.69) is 26.1 Å². The summed E-state index contributed by atoms with van der Waals surface area (Å²) in [7, 11) is 3.92. The van der Waals surface area contributed by atoms with Gasteiger partial charge in [-0.15, -0.1) is 0 Å². The van der Waals surface area contributed by atoms with E-state index >= 15 is 0 Å². The molecule has 0 aliphatic heterocycles. The molecule has 41 heavy (non-hydrogen) atoms. The van der Waals surface area contributed by atoms with Gasteiger partial charge in [-0.3, -0.25) is 9.59 Å². The smallest absolute Gasteiger partial charge is 0.245 e. The molecule has 0 unspecified atom stereocenters. The molecule has 4 aromatic rings. The monoisotopic (exact) mass is 551 g/mol. The summed E-state index contributed by atoms with van der Waals surface area (Å²) in [6, 6.07) is 29.4. The van der Waals surface area contributed by atoms with Gasteiger partial charge in [0.05, 0.1) is 23.8 Å². The Labute approximate surface area is 243 Å². The lowest BCUT2D eigenvalue weighted by molar-refractivity contribution is -0.135. The quantitative estimate of drug-likeness (QED) is 0.277. The number of amides is 2. The van der Waals surface area contributed by atoms with Crippen LogP contribution < -0.4 is 5.32 Å². The maximum atomic E-state index is 14.2. The zero-order valence-electron chi connectivity index (χ0n) is 25.0. The highest BCUT2D eigenvalue weighted by atomic mass is 16.2. The molecule has 7 nitrogen and oxygen atoms in total. The molecule has 1 N–H and O–H groups in total. The average molecular weight is 552 g/mol. The molecule has 0 atom stereocenters. The molecule has 1 heterocycles. The summed E-state index contributed by atoms with van der Waals surface area (Å²) in [5, 5.41) is 7.94. The number of hydrogen-bond donors (Lipinski definition) is 1. The number of nitrogens with zero attached hydrogens (tertiary/aromatic N) is 4. The number of hydrogen-bond acceptors (Lipinski definition) is 4. The number of anilines is 1. The van der Waals surface area contributed by atoms with Crippen molar-refractivity contribution in [3.8, 4) is 5.69 Å². The van der Waals surface area contributed by atoms with Crippen molar-refractivity contribution in [1.82, 2.24) is 19.6 Å². The van der Waals surface area contributed by atoms with Crippen molar-refractivity contribution in [3.63, 3.8) is 0 Å². The number of carbonyl (C=O) groups is 2. The van der Waals surface area contributed by atoms with E-state index in [-0.39, 0.29) is 23.8 Å². The third-order valence-electron chi connectivity index (χ3n) is 7.06. The lowest BCUT2D eigenvalue weighted by Gasteiger charge is -2.28. The second kappa shape index (κ2) is 13.0. The third kappa shape index (κ3) is 7.50. The van der Waals surface area contributed by atoms with Gasteiger partial charge in [0.2, 0.25) is 11.8 Å². The summed E-state index contributed by atoms with van der Waals surface area (Å²) in [5.74, 6) is -0.316. The van der Waals surface area contributed by atoms with E-state index in [1.807, 2.05) is 117 Å². The Morgan fingerprint density at radius 2 is 1.41 bits per heavy atom. The first-order valence-corrected chi connectivity index (χ1v) is 14.0. The van der Waals surface area contributed by atoms with Crippen LogP contribution in [0.25, 0.3) is 5.69 Å². The van der Waals surface area contributed by atoms with Gasteiger partial charge in [-0.1, -0.05) is 99.6 Å². The fourth-order valence-electron chi connectivity index (χ4n) is 4.72. The number of nitrogens with one attached hydrogen (secondary N) is 1. The summed E-state index contributed by atoms with van der Waals surface area (Å²) < 4.78 is 1.79. The van der Waals surface area contributed by atoms with Gasteiger partial charge in [-0.25, -0.2) is 4.68 Å². The van der Waals surface area contributed by atoms with Crippen LogP contribution in [0.1, 0.15) is 49.1 Å². The highest BCUT2D eigenvalue weighted by molar-refractivity contribution is 5.96. The van der Waals surface area contributed by atoms with Gasteiger partial charge in [0, 0.05) is 24.6 Å². The van der Waals surface area contributed by atoms with Crippen LogP contribution in [0, 0.1) is 6.92 Å². The van der Waals surface area contributed by atoms with Crippen LogP contribution in [0.3, 0.4) is 0 Å². The topological polar surface area (TPSA) is 70.5 Å². The summed E-state index contributed by atoms with van der Waals surface area (Å²) in [6.07, 6.45) is 0. The predicted octanol–water partition coefficient (Wildman–Crippen LogP) is 5.64. The van der Waals surface area contributed by atoms with Crippen LogP contribution in [0.4, 0.5) is 5.82 Å². The van der Waals surface area contributed by atoms with Crippen molar-refractivity contribution in [2.24, 2.45) is 0 Å². The number of rotatable bonds is 10. The lowest BCUT2D eigenvalue weighted by atomic mass is 9.90. The Balaban J connectivity index is 1.65. The van der Waals surface area contributed by atoms with Crippen molar-refractivity contribution in [3.05, 3.63) is 113 Å². The molecule has 0 saturated heterocycles. The molecule has 7 heteroatoms. The normalized spacial score (nSPS) is 11.6. The predicted molar refractivity (Wildman–Crippen MR) is 165 cm³/mol. The minimum Gasteiger partial charge on any atom is -0.331 e. The largest absolute Gasteiger partial charge is 0.331 e. The van der Waals surface area contributed by atoms with E-state index in [1.54, 1.807) is 9.58 Å². The maximum absolute atomic E-state index is 14.2. The third-order valence-corrected chi connectivity index (χ3v) is 7.06. The SMILES string of the molecule is Cc1ccccc1-n1nc(C(C)(C)C)cc1NC(=O)CN(CCN(C)C)C(=O)C(c1ccccc1)c1ccccc1. The summed E-state index contributed by atoms with van der Waals surface area (Å²) in [6.45, 7) is 9.28. The maximum Gasteiger partial charge on any atom is 0.245 e. The standard InChI is InChI=1S/C34H41N5O2/c1-25-15-13-14-20-28(25)39-30(23-29(36-39)34(2,3)4)35-31(40)24-38(22-21-37(5)6)33(41)32(26-16-9-7-10-17-26)27-18-11-8-12-19-27/h7-20,23,32H,21-22,24H2,1-6H3,(H,35,40). The Kier molecular flexibility index (Phi) is 9.40. The minimum atomic E-state index is -0.516. The van der Waals surface area contributed by atoms with Gasteiger partial charge in [0.25, 0.3) is 0 Å². The number of likely N-dealkylation sites (N-methyl/N-ethyl adjacent to an activating group) is 1. The van der Waals surface area contributed by atoms with E-state index in [9.17, 15) is 9.59 Å². The molecule has 0 saturated carbocycles. The average Bonchev–Trinajstić information content (AvgIpc) is 3.36. The first-order chi connectivity index (χ1) is 19.5. The molecule has 0 spiro atoms. The van der Waals surface area contributed by atoms with Gasteiger partial charge >= 0.3 is 0 Å². The fourth-order valence-corrected chi connectivity index (χ4v) is 4.72. The molecule has 0 aliphatic rings. The van der Waals surface area contributed by atoms with Crippen molar-refractivity contribution in [1.29, 1.82) is 0 Å².